The first-order valence-corrected chi connectivity index (χ1v) is 28.5. The Morgan fingerprint density at radius 1 is 0.500 bits per heavy atom. The molecule has 0 fully saturated rings. The summed E-state index contributed by atoms with van der Waals surface area (Å²) < 4.78 is 0. The summed E-state index contributed by atoms with van der Waals surface area (Å²) in [6.07, 6.45) is 0.250. The molecule has 0 spiro atoms. The van der Waals surface area contributed by atoms with Crippen LogP contribution in [0.1, 0.15) is 84.5 Å². The Hall–Kier alpha value is -7.50. The fourth-order valence-electron chi connectivity index (χ4n) is 7.78. The standard InChI is InChI=1S/C52H72N14O12S2/c1-3-33-31(23-29-11-5-7-13-35(29)59-33)45(71)61-37(15-17-43(55)69)49(75)63-39(25-67)51(77)65-41(47(73)57-21-9-19-53)27-79-80-28-42(48(74)58-22-10-20-54)66-52(78)40(26-68)64-50(76)38(16-18-44(56)70)62-46(72)32-24-30-12-6-8-14-36(30)60-34(32)4-2/h5-8,11-14,23-24,37-42,67-68H,3-4,9-10,15-22,25-28,53-54H2,1-2H3,(H2,55,69)(H2,56,70)(H,57,73)(H,58,74)(H,61,71)(H,62,72)(H,63,75)(H,64,76)(H,65,77)(H,66,78)/t37-,38-,39-,40-,41-,42-/m0/s1. The number of aromatic nitrogens is 2. The Kier molecular flexibility index (Phi) is 27.5. The van der Waals surface area contributed by atoms with Crippen molar-refractivity contribution in [2.24, 2.45) is 22.9 Å². The molecule has 4 rings (SSSR count). The fraction of sp³-hybridized carbons (Fsp3) is 0.462. The molecule has 0 aliphatic carbocycles. The van der Waals surface area contributed by atoms with Crippen LogP contribution in [0.2, 0.25) is 0 Å². The van der Waals surface area contributed by atoms with Crippen molar-refractivity contribution >= 4 is 102 Å². The van der Waals surface area contributed by atoms with Crippen LogP contribution in [0.3, 0.4) is 0 Å². The van der Waals surface area contributed by atoms with Crippen LogP contribution in [-0.4, -0.2) is 166 Å². The molecule has 4 aromatic rings. The number of para-hydroxylation sites is 2. The van der Waals surface area contributed by atoms with Crippen LogP contribution >= 0.6 is 21.6 Å². The highest BCUT2D eigenvalue weighted by Gasteiger charge is 2.33. The molecule has 0 saturated heterocycles. The van der Waals surface area contributed by atoms with Gasteiger partial charge in [0.2, 0.25) is 47.3 Å². The fourth-order valence-corrected chi connectivity index (χ4v) is 10.1. The van der Waals surface area contributed by atoms with Crippen LogP contribution < -0.4 is 65.5 Å². The third kappa shape index (κ3) is 20.3. The van der Waals surface area contributed by atoms with Crippen LogP contribution in [0.25, 0.3) is 21.8 Å². The van der Waals surface area contributed by atoms with Gasteiger partial charge in [0, 0.05) is 48.2 Å². The van der Waals surface area contributed by atoms with Crippen molar-refractivity contribution in [2.75, 3.05) is 50.9 Å². The van der Waals surface area contributed by atoms with E-state index in [-0.39, 0.29) is 74.5 Å². The topological polar surface area (TPSA) is 437 Å². The van der Waals surface area contributed by atoms with Crippen LogP contribution in [-0.2, 0) is 51.2 Å². The van der Waals surface area contributed by atoms with E-state index in [0.29, 0.717) is 58.9 Å². The van der Waals surface area contributed by atoms with Gasteiger partial charge in [-0.05, 0) is 75.9 Å². The monoisotopic (exact) mass is 1150 g/mol. The lowest BCUT2D eigenvalue weighted by Gasteiger charge is -2.25. The average Bonchev–Trinajstić information content (AvgIpc) is 3.45. The maximum Gasteiger partial charge on any atom is 0.253 e. The molecule has 26 nitrogen and oxygen atoms in total. The van der Waals surface area contributed by atoms with Gasteiger partial charge in [0.05, 0.1) is 46.8 Å². The third-order valence-corrected chi connectivity index (χ3v) is 14.6. The number of fused-ring (bicyclic) bond motifs is 2. The number of nitrogens with one attached hydrogen (secondary N) is 8. The van der Waals surface area contributed by atoms with Gasteiger partial charge in [-0.2, -0.15) is 0 Å². The largest absolute Gasteiger partial charge is 0.394 e. The van der Waals surface area contributed by atoms with Gasteiger partial charge in [0.25, 0.3) is 11.8 Å². The van der Waals surface area contributed by atoms with Crippen molar-refractivity contribution in [1.29, 1.82) is 0 Å². The van der Waals surface area contributed by atoms with E-state index >= 15 is 0 Å². The molecule has 28 heteroatoms. The molecule has 0 unspecified atom stereocenters. The molecule has 2 aromatic heterocycles. The Morgan fingerprint density at radius 2 is 0.850 bits per heavy atom. The number of carbonyl (C=O) groups excluding carboxylic acids is 10. The van der Waals surface area contributed by atoms with E-state index in [2.05, 4.69) is 52.5 Å². The number of carbonyl (C=O) groups is 10. The van der Waals surface area contributed by atoms with Gasteiger partial charge in [-0.15, -0.1) is 0 Å². The Morgan fingerprint density at radius 3 is 1.19 bits per heavy atom. The lowest BCUT2D eigenvalue weighted by atomic mass is 10.0. The number of rotatable bonds is 35. The first kappa shape index (κ1) is 65.0. The zero-order chi connectivity index (χ0) is 58.7. The number of hydrogen-bond donors (Lipinski definition) is 14. The SMILES string of the molecule is CCc1nc2ccccc2cc1C(=O)N[C@@H](CCC(N)=O)C(=O)N[C@@H](CO)C(=O)N[C@@H](CSSC[C@H](NC(=O)[C@H](CO)NC(=O)[C@H](CCC(N)=O)NC(=O)c1cc2ccccc2nc1CC)C(=O)NCCCN)C(=O)NCCCN. The molecule has 2 heterocycles. The van der Waals surface area contributed by atoms with E-state index < -0.39 is 109 Å². The molecule has 10 amide bonds. The quantitative estimate of drug-likeness (QED) is 0.0168. The van der Waals surface area contributed by atoms with E-state index in [9.17, 15) is 58.2 Å². The zero-order valence-electron chi connectivity index (χ0n) is 44.5. The number of pyridine rings is 2. The van der Waals surface area contributed by atoms with Gasteiger partial charge in [-0.3, -0.25) is 57.9 Å². The van der Waals surface area contributed by atoms with Gasteiger partial charge in [0.15, 0.2) is 0 Å². The van der Waals surface area contributed by atoms with Crippen molar-refractivity contribution in [1.82, 2.24) is 52.5 Å². The van der Waals surface area contributed by atoms with Crippen LogP contribution in [0.4, 0.5) is 0 Å². The van der Waals surface area contributed by atoms with Crippen molar-refractivity contribution in [3.63, 3.8) is 0 Å². The molecule has 0 saturated carbocycles. The molecule has 0 aliphatic rings. The number of nitrogens with two attached hydrogens (primary N) is 4. The van der Waals surface area contributed by atoms with E-state index in [1.165, 1.54) is 0 Å². The summed E-state index contributed by atoms with van der Waals surface area (Å²) >= 11 is 0. The third-order valence-electron chi connectivity index (χ3n) is 12.2. The molecule has 0 radical (unpaired) electrons. The number of aliphatic hydroxyl groups excluding tert-OH is 2. The average molecular weight is 1150 g/mol. The van der Waals surface area contributed by atoms with Crippen LogP contribution in [0.15, 0.2) is 60.7 Å². The molecule has 18 N–H and O–H groups in total. The van der Waals surface area contributed by atoms with Crippen molar-refractivity contribution in [2.45, 2.75) is 101 Å². The van der Waals surface area contributed by atoms with E-state index in [0.717, 1.165) is 21.6 Å². The highest BCUT2D eigenvalue weighted by Crippen LogP contribution is 2.24. The number of aliphatic hydroxyl groups is 2. The molecular formula is C52H72N14O12S2. The number of nitrogens with zero attached hydrogens (tertiary/aromatic N) is 2. The summed E-state index contributed by atoms with van der Waals surface area (Å²) in [7, 11) is 1.98. The first-order chi connectivity index (χ1) is 38.4. The Labute approximate surface area is 469 Å². The molecule has 2 aromatic carbocycles. The zero-order valence-corrected chi connectivity index (χ0v) is 46.2. The first-order valence-electron chi connectivity index (χ1n) is 26.0. The molecule has 6 atom stereocenters. The van der Waals surface area contributed by atoms with Gasteiger partial charge in [0.1, 0.15) is 36.3 Å². The second kappa shape index (κ2) is 33.8. The summed E-state index contributed by atoms with van der Waals surface area (Å²) in [5.74, 6) is -8.60. The second-order valence-corrected chi connectivity index (χ2v) is 20.7. The minimum Gasteiger partial charge on any atom is -0.394 e. The lowest BCUT2D eigenvalue weighted by molar-refractivity contribution is -0.133. The molecule has 434 valence electrons. The highest BCUT2D eigenvalue weighted by atomic mass is 33.1. The summed E-state index contributed by atoms with van der Waals surface area (Å²) in [6.45, 7) is 2.35. The summed E-state index contributed by atoms with van der Waals surface area (Å²) in [4.78, 5) is 142. The number of benzene rings is 2. The normalized spacial score (nSPS) is 13.3. The molecule has 0 bridgehead atoms. The minimum absolute atomic E-state index is 0.118. The number of aryl methyl sites for hydroxylation is 2. The Balaban J connectivity index is 1.46. The van der Waals surface area contributed by atoms with E-state index in [1.807, 2.05) is 0 Å². The predicted octanol–water partition coefficient (Wildman–Crippen LogP) is -2.43. The maximum absolute atomic E-state index is 13.8. The molecule has 80 heavy (non-hydrogen) atoms. The van der Waals surface area contributed by atoms with E-state index in [1.54, 1.807) is 74.5 Å². The van der Waals surface area contributed by atoms with Gasteiger partial charge < -0.3 is 75.7 Å². The Bertz CT molecular complexity index is 2640. The maximum atomic E-state index is 13.8. The van der Waals surface area contributed by atoms with E-state index in [4.69, 9.17) is 22.9 Å². The smallest absolute Gasteiger partial charge is 0.253 e. The van der Waals surface area contributed by atoms with Crippen LogP contribution in [0.5, 0.6) is 0 Å². The highest BCUT2D eigenvalue weighted by molar-refractivity contribution is 8.76. The number of amides is 10. The number of hydrogen-bond acceptors (Lipinski definition) is 18. The van der Waals surface area contributed by atoms with Crippen molar-refractivity contribution in [3.8, 4) is 0 Å². The lowest BCUT2D eigenvalue weighted by Crippen LogP contribution is -2.58. The van der Waals surface area contributed by atoms with Gasteiger partial charge in [-0.1, -0.05) is 71.8 Å². The number of primary amides is 2. The molecule has 0 aliphatic heterocycles. The van der Waals surface area contributed by atoms with Gasteiger partial charge >= 0.3 is 0 Å². The van der Waals surface area contributed by atoms with Gasteiger partial charge in [-0.25, -0.2) is 0 Å². The summed E-state index contributed by atoms with van der Waals surface area (Å²) in [5.41, 5.74) is 24.5. The summed E-state index contributed by atoms with van der Waals surface area (Å²) in [5, 5.41) is 42.3. The second-order valence-electron chi connectivity index (χ2n) is 18.2. The van der Waals surface area contributed by atoms with Crippen molar-refractivity contribution in [3.05, 3.63) is 83.2 Å². The minimum atomic E-state index is -1.68. The molecular weight excluding hydrogens is 1080 g/mol. The summed E-state index contributed by atoms with van der Waals surface area (Å²) in [6, 6.07) is 8.59. The predicted molar refractivity (Wildman–Crippen MR) is 302 cm³/mol. The van der Waals surface area contributed by atoms with Crippen molar-refractivity contribution < 1.29 is 58.2 Å². The van der Waals surface area contributed by atoms with Crippen LogP contribution in [0, 0.1) is 0 Å².